The highest BCUT2D eigenvalue weighted by Gasteiger charge is 2.34. The number of carboxylic acids is 1. The van der Waals surface area contributed by atoms with Crippen molar-refractivity contribution in [3.05, 3.63) is 0 Å². The molecule has 1 aliphatic carbocycles. The number of nitrogens with zero attached hydrogens (tertiary/aromatic N) is 1. The second-order valence-corrected chi connectivity index (χ2v) is 6.00. The third-order valence-electron chi connectivity index (χ3n) is 3.45. The molecular weight excluding hydrogens is 248 g/mol. The minimum atomic E-state index is -0.982. The van der Waals surface area contributed by atoms with E-state index in [-0.39, 0.29) is 18.4 Å². The predicted octanol–water partition coefficient (Wildman–Crippen LogP) is -0.0839. The lowest BCUT2D eigenvalue weighted by atomic mass is 10.0. The van der Waals surface area contributed by atoms with Gasteiger partial charge in [-0.3, -0.25) is 9.59 Å². The Bertz CT molecular complexity index is 342. The minimum Gasteiger partial charge on any atom is -0.481 e. The number of carbonyl (C=O) groups is 2. The molecule has 0 aromatic heterocycles. The van der Waals surface area contributed by atoms with Crippen LogP contribution in [0.4, 0.5) is 0 Å². The van der Waals surface area contributed by atoms with Gasteiger partial charge in [-0.2, -0.15) is 0 Å². The number of aliphatic hydroxyl groups is 1. The fourth-order valence-corrected chi connectivity index (χ4v) is 2.60. The van der Waals surface area contributed by atoms with Crippen LogP contribution in [0.2, 0.25) is 0 Å². The Labute approximate surface area is 113 Å². The maximum Gasteiger partial charge on any atom is 0.306 e. The van der Waals surface area contributed by atoms with Crippen molar-refractivity contribution in [1.82, 2.24) is 10.2 Å². The quantitative estimate of drug-likeness (QED) is 0.629. The predicted molar refractivity (Wildman–Crippen MR) is 70.7 cm³/mol. The number of likely N-dealkylation sites (N-methyl/N-ethyl adjacent to an activating group) is 1. The Balaban J connectivity index is 2.38. The van der Waals surface area contributed by atoms with Gasteiger partial charge in [-0.05, 0) is 40.3 Å². The molecule has 0 aromatic carbocycles. The monoisotopic (exact) mass is 272 g/mol. The number of rotatable bonds is 6. The zero-order valence-electron chi connectivity index (χ0n) is 11.8. The van der Waals surface area contributed by atoms with E-state index in [1.807, 2.05) is 19.0 Å². The molecule has 0 aromatic rings. The van der Waals surface area contributed by atoms with E-state index in [1.54, 1.807) is 6.92 Å². The van der Waals surface area contributed by atoms with Crippen molar-refractivity contribution in [1.29, 1.82) is 0 Å². The fourth-order valence-electron chi connectivity index (χ4n) is 2.60. The van der Waals surface area contributed by atoms with Crippen LogP contribution < -0.4 is 5.32 Å². The van der Waals surface area contributed by atoms with Gasteiger partial charge in [0.15, 0.2) is 0 Å². The molecule has 0 radical (unpaired) electrons. The normalized spacial score (nSPS) is 26.2. The summed E-state index contributed by atoms with van der Waals surface area (Å²) in [4.78, 5) is 24.6. The molecule has 0 heterocycles. The summed E-state index contributed by atoms with van der Waals surface area (Å²) < 4.78 is 0. The van der Waals surface area contributed by atoms with Crippen LogP contribution in [0, 0.1) is 11.8 Å². The van der Waals surface area contributed by atoms with E-state index in [0.717, 1.165) is 0 Å². The molecule has 19 heavy (non-hydrogen) atoms. The number of carboxylic acid groups (broad SMARTS) is 1. The first-order chi connectivity index (χ1) is 8.71. The van der Waals surface area contributed by atoms with Crippen LogP contribution in [-0.2, 0) is 9.59 Å². The molecule has 0 aliphatic heterocycles. The van der Waals surface area contributed by atoms with Crippen molar-refractivity contribution in [3.63, 3.8) is 0 Å². The number of nitrogens with one attached hydrogen (secondary N) is 1. The molecule has 1 aliphatic rings. The molecular formula is C13H24N2O4. The number of hydrogen-bond acceptors (Lipinski definition) is 4. The number of amides is 1. The van der Waals surface area contributed by atoms with E-state index in [1.165, 1.54) is 0 Å². The van der Waals surface area contributed by atoms with Gasteiger partial charge in [-0.25, -0.2) is 0 Å². The van der Waals surface area contributed by atoms with E-state index >= 15 is 0 Å². The Morgan fingerprint density at radius 2 is 1.89 bits per heavy atom. The third kappa shape index (κ3) is 5.16. The average Bonchev–Trinajstić information content (AvgIpc) is 2.73. The van der Waals surface area contributed by atoms with E-state index in [2.05, 4.69) is 5.32 Å². The summed E-state index contributed by atoms with van der Waals surface area (Å²) in [5.74, 6) is -1.62. The Morgan fingerprint density at radius 3 is 2.37 bits per heavy atom. The van der Waals surface area contributed by atoms with Crippen molar-refractivity contribution in [2.75, 3.05) is 27.2 Å². The van der Waals surface area contributed by atoms with Gasteiger partial charge in [-0.15, -0.1) is 0 Å². The highest BCUT2D eigenvalue weighted by Crippen LogP contribution is 2.31. The highest BCUT2D eigenvalue weighted by atomic mass is 16.4. The zero-order chi connectivity index (χ0) is 14.6. The summed E-state index contributed by atoms with van der Waals surface area (Å²) in [7, 11) is 3.70. The van der Waals surface area contributed by atoms with Crippen molar-refractivity contribution in [2.24, 2.45) is 11.8 Å². The van der Waals surface area contributed by atoms with Crippen LogP contribution in [0.1, 0.15) is 26.2 Å². The summed E-state index contributed by atoms with van der Waals surface area (Å²) in [5, 5.41) is 21.7. The van der Waals surface area contributed by atoms with E-state index in [0.29, 0.717) is 25.8 Å². The Morgan fingerprint density at radius 1 is 1.32 bits per heavy atom. The van der Waals surface area contributed by atoms with Crippen LogP contribution in [0.25, 0.3) is 0 Å². The minimum absolute atomic E-state index is 0.150. The molecule has 110 valence electrons. The average molecular weight is 272 g/mol. The summed E-state index contributed by atoms with van der Waals surface area (Å²) in [6.07, 6.45) is 1.57. The van der Waals surface area contributed by atoms with Gasteiger partial charge in [0.05, 0.1) is 11.5 Å². The van der Waals surface area contributed by atoms with Crippen molar-refractivity contribution in [2.45, 2.75) is 31.8 Å². The molecule has 6 nitrogen and oxygen atoms in total. The van der Waals surface area contributed by atoms with Crippen molar-refractivity contribution < 1.29 is 19.8 Å². The smallest absolute Gasteiger partial charge is 0.306 e. The molecule has 1 amide bonds. The van der Waals surface area contributed by atoms with Gasteiger partial charge in [0.2, 0.25) is 5.91 Å². The first-order valence-corrected chi connectivity index (χ1v) is 6.59. The first kappa shape index (κ1) is 15.9. The number of aliphatic carboxylic acids is 1. The maximum atomic E-state index is 11.9. The second-order valence-electron chi connectivity index (χ2n) is 6.00. The van der Waals surface area contributed by atoms with E-state index in [4.69, 9.17) is 5.11 Å². The first-order valence-electron chi connectivity index (χ1n) is 6.59. The lowest BCUT2D eigenvalue weighted by Crippen LogP contribution is -2.48. The van der Waals surface area contributed by atoms with Gasteiger partial charge < -0.3 is 20.4 Å². The summed E-state index contributed by atoms with van der Waals surface area (Å²) in [5.41, 5.74) is -0.982. The maximum absolute atomic E-state index is 11.9. The van der Waals surface area contributed by atoms with Crippen LogP contribution in [0.3, 0.4) is 0 Å². The van der Waals surface area contributed by atoms with E-state index in [9.17, 15) is 14.7 Å². The molecule has 0 bridgehead atoms. The molecule has 0 saturated heterocycles. The molecule has 0 spiro atoms. The molecule has 1 rings (SSSR count). The summed E-state index contributed by atoms with van der Waals surface area (Å²) in [6.45, 7) is 2.30. The summed E-state index contributed by atoms with van der Waals surface area (Å²) >= 11 is 0. The summed E-state index contributed by atoms with van der Waals surface area (Å²) in [6, 6.07) is 0. The Kier molecular flexibility index (Phi) is 5.31. The van der Waals surface area contributed by atoms with Crippen molar-refractivity contribution >= 4 is 11.9 Å². The molecule has 3 atom stereocenters. The van der Waals surface area contributed by atoms with Gasteiger partial charge in [0.25, 0.3) is 0 Å². The largest absolute Gasteiger partial charge is 0.481 e. The number of carbonyl (C=O) groups excluding carboxylic acids is 1. The standard InChI is InChI=1S/C13H24N2O4/c1-13(19,8-15(2)3)7-14-11(16)9-4-5-10(6-9)12(17)18/h9-10,19H,4-8H2,1-3H3,(H,14,16)(H,17,18)/t9-,10+,13?/m1/s1. The SMILES string of the molecule is CN(C)CC(C)(O)CNC(=O)[C@@H]1CC[C@H](C(=O)O)C1. The fraction of sp³-hybridized carbons (Fsp3) is 0.846. The highest BCUT2D eigenvalue weighted by molar-refractivity contribution is 5.80. The van der Waals surface area contributed by atoms with Crippen LogP contribution >= 0.6 is 0 Å². The molecule has 3 N–H and O–H groups in total. The molecule has 1 unspecified atom stereocenters. The van der Waals surface area contributed by atoms with Gasteiger partial charge in [-0.1, -0.05) is 0 Å². The molecule has 1 saturated carbocycles. The molecule has 1 fully saturated rings. The van der Waals surface area contributed by atoms with Crippen LogP contribution in [0.15, 0.2) is 0 Å². The second kappa shape index (κ2) is 6.34. The van der Waals surface area contributed by atoms with Crippen molar-refractivity contribution in [3.8, 4) is 0 Å². The lowest BCUT2D eigenvalue weighted by Gasteiger charge is -2.27. The molecule has 6 heteroatoms. The van der Waals surface area contributed by atoms with Gasteiger partial charge in [0, 0.05) is 19.0 Å². The van der Waals surface area contributed by atoms with Gasteiger partial charge in [0.1, 0.15) is 0 Å². The third-order valence-corrected chi connectivity index (χ3v) is 3.45. The topological polar surface area (TPSA) is 89.9 Å². The van der Waals surface area contributed by atoms with Crippen LogP contribution in [0.5, 0.6) is 0 Å². The zero-order valence-corrected chi connectivity index (χ0v) is 11.8. The van der Waals surface area contributed by atoms with Gasteiger partial charge >= 0.3 is 5.97 Å². The number of hydrogen-bond donors (Lipinski definition) is 3. The van der Waals surface area contributed by atoms with E-state index < -0.39 is 17.5 Å². The Hall–Kier alpha value is -1.14. The van der Waals surface area contributed by atoms with Crippen LogP contribution in [-0.4, -0.2) is 59.8 Å². The lowest BCUT2D eigenvalue weighted by molar-refractivity contribution is -0.141.